The van der Waals surface area contributed by atoms with Crippen LogP contribution in [0.1, 0.15) is 54.2 Å². The molecule has 2 amide bonds. The lowest BCUT2D eigenvalue weighted by Gasteiger charge is -2.34. The van der Waals surface area contributed by atoms with Crippen molar-refractivity contribution in [2.45, 2.75) is 59.2 Å². The number of hydrogen-bond acceptors (Lipinski definition) is 5. The molecule has 0 spiro atoms. The minimum absolute atomic E-state index is 0.108. The molecule has 0 heterocycles. The van der Waals surface area contributed by atoms with E-state index in [0.717, 1.165) is 27.3 Å². The highest BCUT2D eigenvalue weighted by Gasteiger charge is 2.33. The van der Waals surface area contributed by atoms with Crippen LogP contribution in [-0.2, 0) is 32.6 Å². The molecule has 2 atom stereocenters. The molecule has 0 aliphatic heterocycles. The Morgan fingerprint density at radius 3 is 2.17 bits per heavy atom. The summed E-state index contributed by atoms with van der Waals surface area (Å²) in [6.45, 7) is 6.78. The molecule has 0 saturated carbocycles. The molecule has 41 heavy (non-hydrogen) atoms. The molecule has 8 nitrogen and oxygen atoms in total. The van der Waals surface area contributed by atoms with E-state index in [9.17, 15) is 22.8 Å². The summed E-state index contributed by atoms with van der Waals surface area (Å²) in [6.07, 6.45) is 1.98. The predicted molar refractivity (Wildman–Crippen MR) is 162 cm³/mol. The summed E-state index contributed by atoms with van der Waals surface area (Å²) in [6, 6.07) is 22.2. The van der Waals surface area contributed by atoms with Gasteiger partial charge in [0.25, 0.3) is 0 Å². The van der Waals surface area contributed by atoms with Gasteiger partial charge >= 0.3 is 0 Å². The number of carbonyl (C=O) groups is 3. The van der Waals surface area contributed by atoms with Crippen LogP contribution in [0.3, 0.4) is 0 Å². The molecule has 3 aromatic carbocycles. The predicted octanol–water partition coefficient (Wildman–Crippen LogP) is 4.52. The fourth-order valence-electron chi connectivity index (χ4n) is 4.50. The molecule has 0 aromatic heterocycles. The quantitative estimate of drug-likeness (QED) is 0.301. The van der Waals surface area contributed by atoms with Crippen LogP contribution in [-0.4, -0.2) is 55.8 Å². The first-order valence-corrected chi connectivity index (χ1v) is 15.5. The summed E-state index contributed by atoms with van der Waals surface area (Å²) in [5.41, 5.74) is 3.21. The summed E-state index contributed by atoms with van der Waals surface area (Å²) >= 11 is 0. The fraction of sp³-hybridized carbons (Fsp3) is 0.344. The third kappa shape index (κ3) is 9.01. The number of nitrogens with zero attached hydrogens (tertiary/aromatic N) is 2. The topological polar surface area (TPSA) is 104 Å². The second kappa shape index (κ2) is 14.1. The molecule has 0 radical (unpaired) electrons. The van der Waals surface area contributed by atoms with Crippen LogP contribution in [0.15, 0.2) is 78.9 Å². The summed E-state index contributed by atoms with van der Waals surface area (Å²) in [7, 11) is -3.92. The zero-order chi connectivity index (χ0) is 30.2. The minimum Gasteiger partial charge on any atom is -0.352 e. The van der Waals surface area contributed by atoms with Gasteiger partial charge in [0, 0.05) is 24.6 Å². The lowest BCUT2D eigenvalue weighted by atomic mass is 10.0. The lowest BCUT2D eigenvalue weighted by Crippen LogP contribution is -2.54. The van der Waals surface area contributed by atoms with Crippen molar-refractivity contribution >= 4 is 33.3 Å². The van der Waals surface area contributed by atoms with Crippen LogP contribution in [0, 0.1) is 6.92 Å². The van der Waals surface area contributed by atoms with Crippen LogP contribution in [0.25, 0.3) is 0 Å². The molecule has 0 saturated heterocycles. The number of amides is 2. The number of hydrogen-bond donors (Lipinski definition) is 1. The number of rotatable bonds is 13. The smallest absolute Gasteiger partial charge is 0.244 e. The van der Waals surface area contributed by atoms with Gasteiger partial charge in [-0.05, 0) is 50.5 Å². The van der Waals surface area contributed by atoms with Gasteiger partial charge in [-0.2, -0.15) is 0 Å². The first kappa shape index (κ1) is 31.5. The van der Waals surface area contributed by atoms with E-state index >= 15 is 0 Å². The Balaban J connectivity index is 2.08. The first-order chi connectivity index (χ1) is 19.4. The summed E-state index contributed by atoms with van der Waals surface area (Å²) in [5, 5.41) is 3.02. The number of benzene rings is 3. The third-order valence-electron chi connectivity index (χ3n) is 6.93. The van der Waals surface area contributed by atoms with Crippen molar-refractivity contribution in [1.82, 2.24) is 10.2 Å². The Morgan fingerprint density at radius 1 is 0.902 bits per heavy atom. The van der Waals surface area contributed by atoms with E-state index in [-0.39, 0.29) is 36.4 Å². The van der Waals surface area contributed by atoms with E-state index in [1.807, 2.05) is 75.4 Å². The van der Waals surface area contributed by atoms with E-state index < -0.39 is 28.5 Å². The van der Waals surface area contributed by atoms with Crippen molar-refractivity contribution in [3.05, 3.63) is 101 Å². The van der Waals surface area contributed by atoms with Gasteiger partial charge in [0.15, 0.2) is 5.78 Å². The number of carbonyl (C=O) groups excluding carboxylic acids is 3. The van der Waals surface area contributed by atoms with Gasteiger partial charge in [-0.1, -0.05) is 79.2 Å². The molecule has 2 unspecified atom stereocenters. The Kier molecular flexibility index (Phi) is 10.8. The molecule has 218 valence electrons. The molecular weight excluding hydrogens is 538 g/mol. The van der Waals surface area contributed by atoms with Gasteiger partial charge in [-0.25, -0.2) is 8.42 Å². The second-order valence-corrected chi connectivity index (χ2v) is 12.3. The van der Waals surface area contributed by atoms with E-state index in [1.54, 1.807) is 18.2 Å². The molecular formula is C32H39N3O5S. The molecule has 0 bridgehead atoms. The van der Waals surface area contributed by atoms with Crippen molar-refractivity contribution < 1.29 is 22.8 Å². The maximum Gasteiger partial charge on any atom is 0.244 e. The zero-order valence-electron chi connectivity index (χ0n) is 24.3. The number of sulfonamides is 1. The lowest BCUT2D eigenvalue weighted by molar-refractivity contribution is -0.140. The molecule has 1 N–H and O–H groups in total. The number of ketones is 1. The highest BCUT2D eigenvalue weighted by atomic mass is 32.2. The third-order valence-corrected chi connectivity index (χ3v) is 8.07. The van der Waals surface area contributed by atoms with E-state index in [4.69, 9.17) is 0 Å². The zero-order valence-corrected chi connectivity index (χ0v) is 25.1. The summed E-state index contributed by atoms with van der Waals surface area (Å²) < 4.78 is 26.9. The summed E-state index contributed by atoms with van der Waals surface area (Å²) in [4.78, 5) is 41.3. The number of nitrogens with one attached hydrogen (secondary N) is 1. The molecule has 9 heteroatoms. The van der Waals surface area contributed by atoms with Gasteiger partial charge in [0.2, 0.25) is 21.8 Å². The van der Waals surface area contributed by atoms with Crippen molar-refractivity contribution in [3.8, 4) is 0 Å². The SMILES string of the molecule is CCC(C)NC(=O)C(Cc1ccccc1)N(Cc1cccc(C)c1)C(=O)CN(c1cccc(C(C)=O)c1)S(C)(=O)=O. The first-order valence-electron chi connectivity index (χ1n) is 13.7. The largest absolute Gasteiger partial charge is 0.352 e. The monoisotopic (exact) mass is 577 g/mol. The fourth-order valence-corrected chi connectivity index (χ4v) is 5.34. The van der Waals surface area contributed by atoms with Crippen molar-refractivity contribution in [3.63, 3.8) is 0 Å². The molecule has 0 aliphatic carbocycles. The maximum absolute atomic E-state index is 14.1. The molecule has 3 aromatic rings. The maximum atomic E-state index is 14.1. The molecule has 0 aliphatic rings. The summed E-state index contributed by atoms with van der Waals surface area (Å²) in [5.74, 6) is -1.07. The second-order valence-electron chi connectivity index (χ2n) is 10.4. The van der Waals surface area contributed by atoms with E-state index in [0.29, 0.717) is 12.0 Å². The van der Waals surface area contributed by atoms with Crippen LogP contribution >= 0.6 is 0 Å². The van der Waals surface area contributed by atoms with E-state index in [2.05, 4.69) is 5.32 Å². The van der Waals surface area contributed by atoms with Crippen LogP contribution in [0.4, 0.5) is 5.69 Å². The Labute approximate surface area is 243 Å². The standard InChI is InChI=1S/C32H39N3O5S/c1-6-24(3)33-32(38)30(19-26-13-8-7-9-14-26)34(21-27-15-10-12-23(2)18-27)31(37)22-35(41(5,39)40)29-17-11-16-28(20-29)25(4)36/h7-18,20,24,30H,6,19,21-22H2,1-5H3,(H,33,38). The van der Waals surface area contributed by atoms with Crippen molar-refractivity contribution in [2.24, 2.45) is 0 Å². The van der Waals surface area contributed by atoms with E-state index in [1.165, 1.54) is 17.9 Å². The number of Topliss-reactive ketones (excluding diaryl/α,β-unsaturated/α-hetero) is 1. The molecule has 0 fully saturated rings. The van der Waals surface area contributed by atoms with Crippen LogP contribution in [0.2, 0.25) is 0 Å². The van der Waals surface area contributed by atoms with Crippen molar-refractivity contribution in [2.75, 3.05) is 17.1 Å². The van der Waals surface area contributed by atoms with Crippen LogP contribution < -0.4 is 9.62 Å². The van der Waals surface area contributed by atoms with Crippen molar-refractivity contribution in [1.29, 1.82) is 0 Å². The van der Waals surface area contributed by atoms with Gasteiger partial charge in [0.05, 0.1) is 11.9 Å². The highest BCUT2D eigenvalue weighted by Crippen LogP contribution is 2.22. The Bertz CT molecular complexity index is 1470. The Morgan fingerprint density at radius 2 is 1.56 bits per heavy atom. The normalized spacial score (nSPS) is 12.7. The highest BCUT2D eigenvalue weighted by molar-refractivity contribution is 7.92. The number of aryl methyl sites for hydroxylation is 1. The number of anilines is 1. The average Bonchev–Trinajstić information content (AvgIpc) is 2.93. The van der Waals surface area contributed by atoms with Gasteiger partial charge in [0.1, 0.15) is 12.6 Å². The Hall–Kier alpha value is -3.98. The van der Waals surface area contributed by atoms with Gasteiger partial charge in [-0.15, -0.1) is 0 Å². The molecule has 3 rings (SSSR count). The average molecular weight is 578 g/mol. The van der Waals surface area contributed by atoms with Crippen LogP contribution in [0.5, 0.6) is 0 Å². The van der Waals surface area contributed by atoms with Gasteiger partial charge < -0.3 is 10.2 Å². The van der Waals surface area contributed by atoms with Gasteiger partial charge in [-0.3, -0.25) is 18.7 Å². The minimum atomic E-state index is -3.92.